The van der Waals surface area contributed by atoms with Gasteiger partial charge in [-0.2, -0.15) is 0 Å². The van der Waals surface area contributed by atoms with Crippen LogP contribution in [0.4, 0.5) is 5.69 Å². The van der Waals surface area contributed by atoms with Gasteiger partial charge in [-0.1, -0.05) is 6.07 Å². The predicted octanol–water partition coefficient (Wildman–Crippen LogP) is 1.97. The number of nitrogens with one attached hydrogen (secondary N) is 1. The highest BCUT2D eigenvalue weighted by molar-refractivity contribution is 5.80. The number of rotatable bonds is 5. The SMILES string of the molecule is CC(C)Oc1cccc(NCC(=O)N(C)C)c1. The van der Waals surface area contributed by atoms with Crippen LogP contribution in [0.1, 0.15) is 13.8 Å². The van der Waals surface area contributed by atoms with E-state index in [9.17, 15) is 4.79 Å². The molecule has 4 nitrogen and oxygen atoms in total. The van der Waals surface area contributed by atoms with Gasteiger partial charge < -0.3 is 15.0 Å². The van der Waals surface area contributed by atoms with Crippen LogP contribution in [0, 0.1) is 0 Å². The zero-order valence-corrected chi connectivity index (χ0v) is 10.9. The van der Waals surface area contributed by atoms with Crippen LogP contribution in [0.25, 0.3) is 0 Å². The molecule has 0 aromatic heterocycles. The van der Waals surface area contributed by atoms with Crippen molar-refractivity contribution in [2.45, 2.75) is 20.0 Å². The van der Waals surface area contributed by atoms with Gasteiger partial charge in [-0.05, 0) is 26.0 Å². The standard InChI is InChI=1S/C13H20N2O2/c1-10(2)17-12-7-5-6-11(8-12)14-9-13(16)15(3)4/h5-8,10,14H,9H2,1-4H3. The number of carbonyl (C=O) groups is 1. The molecular weight excluding hydrogens is 216 g/mol. The summed E-state index contributed by atoms with van der Waals surface area (Å²) in [5, 5.41) is 3.07. The Morgan fingerprint density at radius 2 is 2.12 bits per heavy atom. The Kier molecular flexibility index (Phi) is 4.82. The summed E-state index contributed by atoms with van der Waals surface area (Å²) in [6.45, 7) is 4.25. The van der Waals surface area contributed by atoms with Crippen molar-refractivity contribution in [2.24, 2.45) is 0 Å². The summed E-state index contributed by atoms with van der Waals surface area (Å²) in [5.41, 5.74) is 0.887. The predicted molar refractivity (Wildman–Crippen MR) is 69.4 cm³/mol. The molecule has 0 atom stereocenters. The van der Waals surface area contributed by atoms with Crippen LogP contribution in [0.2, 0.25) is 0 Å². The number of benzene rings is 1. The van der Waals surface area contributed by atoms with Gasteiger partial charge in [-0.25, -0.2) is 0 Å². The Bertz CT molecular complexity index is 375. The fourth-order valence-corrected chi connectivity index (χ4v) is 1.29. The van der Waals surface area contributed by atoms with E-state index >= 15 is 0 Å². The minimum absolute atomic E-state index is 0.0418. The molecule has 0 radical (unpaired) electrons. The molecule has 4 heteroatoms. The summed E-state index contributed by atoms with van der Waals surface area (Å²) in [4.78, 5) is 13.0. The highest BCUT2D eigenvalue weighted by atomic mass is 16.5. The molecule has 0 saturated carbocycles. The van der Waals surface area contributed by atoms with Crippen LogP contribution < -0.4 is 10.1 Å². The Balaban J connectivity index is 2.57. The monoisotopic (exact) mass is 236 g/mol. The van der Waals surface area contributed by atoms with E-state index in [4.69, 9.17) is 4.74 Å². The lowest BCUT2D eigenvalue weighted by molar-refractivity contribution is -0.126. The van der Waals surface area contributed by atoms with Crippen LogP contribution >= 0.6 is 0 Å². The van der Waals surface area contributed by atoms with E-state index in [0.29, 0.717) is 0 Å². The number of hydrogen-bond acceptors (Lipinski definition) is 3. The first-order chi connectivity index (χ1) is 7.99. The molecule has 94 valence electrons. The van der Waals surface area contributed by atoms with Crippen molar-refractivity contribution < 1.29 is 9.53 Å². The zero-order chi connectivity index (χ0) is 12.8. The molecule has 0 aliphatic carbocycles. The number of carbonyl (C=O) groups excluding carboxylic acids is 1. The third-order valence-corrected chi connectivity index (χ3v) is 2.15. The van der Waals surface area contributed by atoms with Gasteiger partial charge in [-0.3, -0.25) is 4.79 Å². The lowest BCUT2D eigenvalue weighted by Gasteiger charge is -2.13. The topological polar surface area (TPSA) is 41.6 Å². The molecular formula is C13H20N2O2. The van der Waals surface area contributed by atoms with E-state index in [1.165, 1.54) is 0 Å². The third kappa shape index (κ3) is 4.76. The molecule has 1 aromatic rings. The van der Waals surface area contributed by atoms with Gasteiger partial charge in [0.2, 0.25) is 5.91 Å². The number of ether oxygens (including phenoxy) is 1. The van der Waals surface area contributed by atoms with Gasteiger partial charge in [0.1, 0.15) is 5.75 Å². The molecule has 0 spiro atoms. The largest absolute Gasteiger partial charge is 0.491 e. The maximum absolute atomic E-state index is 11.4. The summed E-state index contributed by atoms with van der Waals surface area (Å²) in [6, 6.07) is 7.61. The number of nitrogens with zero attached hydrogens (tertiary/aromatic N) is 1. The van der Waals surface area contributed by atoms with E-state index in [2.05, 4.69) is 5.32 Å². The van der Waals surface area contributed by atoms with Crippen molar-refractivity contribution in [3.8, 4) is 5.75 Å². The van der Waals surface area contributed by atoms with Crippen molar-refractivity contribution in [1.82, 2.24) is 4.90 Å². The molecule has 0 unspecified atom stereocenters. The van der Waals surface area contributed by atoms with Crippen molar-refractivity contribution in [2.75, 3.05) is 26.0 Å². The van der Waals surface area contributed by atoms with Crippen LogP contribution in [0.3, 0.4) is 0 Å². The second-order valence-electron chi connectivity index (χ2n) is 4.34. The third-order valence-electron chi connectivity index (χ3n) is 2.15. The molecule has 17 heavy (non-hydrogen) atoms. The van der Waals surface area contributed by atoms with E-state index in [1.54, 1.807) is 19.0 Å². The molecule has 1 amide bonds. The molecule has 0 fully saturated rings. The van der Waals surface area contributed by atoms with E-state index < -0.39 is 0 Å². The number of likely N-dealkylation sites (N-methyl/N-ethyl adjacent to an activating group) is 1. The fraction of sp³-hybridized carbons (Fsp3) is 0.462. The van der Waals surface area contributed by atoms with Crippen LogP contribution in [0.5, 0.6) is 5.75 Å². The summed E-state index contributed by atoms with van der Waals surface area (Å²) < 4.78 is 5.57. The summed E-state index contributed by atoms with van der Waals surface area (Å²) in [5.74, 6) is 0.850. The van der Waals surface area contributed by atoms with Crippen molar-refractivity contribution >= 4 is 11.6 Å². The van der Waals surface area contributed by atoms with Crippen molar-refractivity contribution in [3.63, 3.8) is 0 Å². The molecule has 0 bridgehead atoms. The molecule has 1 rings (SSSR count). The first-order valence-electron chi connectivity index (χ1n) is 5.70. The van der Waals surface area contributed by atoms with Gasteiger partial charge in [0.15, 0.2) is 0 Å². The maximum Gasteiger partial charge on any atom is 0.241 e. The van der Waals surface area contributed by atoms with Gasteiger partial charge in [0.25, 0.3) is 0 Å². The average molecular weight is 236 g/mol. The lowest BCUT2D eigenvalue weighted by atomic mass is 10.3. The van der Waals surface area contributed by atoms with E-state index in [-0.39, 0.29) is 18.6 Å². The second kappa shape index (κ2) is 6.13. The molecule has 1 N–H and O–H groups in total. The Morgan fingerprint density at radius 3 is 2.71 bits per heavy atom. The number of amides is 1. The summed E-state index contributed by atoms with van der Waals surface area (Å²) >= 11 is 0. The van der Waals surface area contributed by atoms with Gasteiger partial charge >= 0.3 is 0 Å². The number of hydrogen-bond donors (Lipinski definition) is 1. The van der Waals surface area contributed by atoms with E-state index in [0.717, 1.165) is 11.4 Å². The lowest BCUT2D eigenvalue weighted by Crippen LogP contribution is -2.28. The second-order valence-corrected chi connectivity index (χ2v) is 4.34. The van der Waals surface area contributed by atoms with Crippen LogP contribution in [0.15, 0.2) is 24.3 Å². The normalized spacial score (nSPS) is 10.2. The number of anilines is 1. The zero-order valence-electron chi connectivity index (χ0n) is 10.9. The maximum atomic E-state index is 11.4. The fourth-order valence-electron chi connectivity index (χ4n) is 1.29. The van der Waals surface area contributed by atoms with Crippen LogP contribution in [-0.4, -0.2) is 37.6 Å². The quantitative estimate of drug-likeness (QED) is 0.850. The smallest absolute Gasteiger partial charge is 0.241 e. The minimum Gasteiger partial charge on any atom is -0.491 e. The molecule has 0 saturated heterocycles. The molecule has 1 aromatic carbocycles. The Labute approximate surface area is 103 Å². The van der Waals surface area contributed by atoms with Crippen molar-refractivity contribution in [1.29, 1.82) is 0 Å². The van der Waals surface area contributed by atoms with Crippen molar-refractivity contribution in [3.05, 3.63) is 24.3 Å². The van der Waals surface area contributed by atoms with Gasteiger partial charge in [0, 0.05) is 25.8 Å². The molecule has 0 heterocycles. The van der Waals surface area contributed by atoms with Gasteiger partial charge in [-0.15, -0.1) is 0 Å². The van der Waals surface area contributed by atoms with E-state index in [1.807, 2.05) is 38.1 Å². The molecule has 0 aliphatic heterocycles. The highest BCUT2D eigenvalue weighted by Gasteiger charge is 2.04. The average Bonchev–Trinajstić information content (AvgIpc) is 2.25. The first kappa shape index (κ1) is 13.4. The summed E-state index contributed by atoms with van der Waals surface area (Å²) in [6.07, 6.45) is 0.147. The Hall–Kier alpha value is -1.71. The van der Waals surface area contributed by atoms with Gasteiger partial charge in [0.05, 0.1) is 12.6 Å². The van der Waals surface area contributed by atoms with Crippen LogP contribution in [-0.2, 0) is 4.79 Å². The molecule has 0 aliphatic rings. The Morgan fingerprint density at radius 1 is 1.41 bits per heavy atom. The minimum atomic E-state index is 0.0418. The summed E-state index contributed by atoms with van der Waals surface area (Å²) in [7, 11) is 3.48. The first-order valence-corrected chi connectivity index (χ1v) is 5.70. The highest BCUT2D eigenvalue weighted by Crippen LogP contribution is 2.18.